The van der Waals surface area contributed by atoms with E-state index in [9.17, 15) is 18.4 Å². The molecule has 0 unspecified atom stereocenters. The topological polar surface area (TPSA) is 70.7 Å². The van der Waals surface area contributed by atoms with Gasteiger partial charge in [-0.1, -0.05) is 50.0 Å². The summed E-state index contributed by atoms with van der Waals surface area (Å²) in [5.41, 5.74) is 1.77. The highest BCUT2D eigenvalue weighted by atomic mass is 28.3. The van der Waals surface area contributed by atoms with Crippen LogP contribution in [0, 0.1) is 5.82 Å². The summed E-state index contributed by atoms with van der Waals surface area (Å²) in [6, 6.07) is 10.2. The molecule has 2 aromatic rings. The van der Waals surface area contributed by atoms with Gasteiger partial charge in [-0.25, -0.2) is 13.6 Å². The van der Waals surface area contributed by atoms with Crippen LogP contribution in [0.25, 0.3) is 0 Å². The van der Waals surface area contributed by atoms with Gasteiger partial charge in [0.15, 0.2) is 0 Å². The molecule has 1 aliphatic rings. The van der Waals surface area contributed by atoms with Crippen LogP contribution < -0.4 is 15.8 Å². The Kier molecular flexibility index (Phi) is 7.86. The fraction of sp³-hybridized carbons (Fsp3) is 0.417. The van der Waals surface area contributed by atoms with Gasteiger partial charge in [0.25, 0.3) is 5.91 Å². The predicted octanol–water partition coefficient (Wildman–Crippen LogP) is 3.95. The van der Waals surface area contributed by atoms with E-state index in [1.54, 1.807) is 43.5 Å². The molecule has 33 heavy (non-hydrogen) atoms. The van der Waals surface area contributed by atoms with Crippen LogP contribution in [-0.2, 0) is 16.1 Å². The van der Waals surface area contributed by atoms with E-state index >= 15 is 0 Å². The molecule has 9 heteroatoms. The zero-order chi connectivity index (χ0) is 24.2. The highest BCUT2D eigenvalue weighted by Gasteiger charge is 2.30. The maximum atomic E-state index is 14.6. The zero-order valence-corrected chi connectivity index (χ0v) is 20.5. The summed E-state index contributed by atoms with van der Waals surface area (Å²) in [5, 5.41) is 6.09. The molecule has 3 rings (SSSR count). The zero-order valence-electron chi connectivity index (χ0n) is 19.5. The first-order valence-corrected chi connectivity index (χ1v) is 14.5. The predicted molar refractivity (Wildman–Crippen MR) is 128 cm³/mol. The molecule has 2 aromatic carbocycles. The standard InChI is InChI=1S/C24H31F2N3O3Si/c1-32-15-16-5-7-17(8-6-16)22(28-24(31)29-12-11-18(25)14-29)23(30)27-19-9-10-21(20(26)13-19)33(2,3)4/h5-10,13,18,22H,11-12,14-15H2,1-4H3,(H,27,30)(H,28,31)/t18-,22+/m0/s1. The van der Waals surface area contributed by atoms with E-state index in [4.69, 9.17) is 4.74 Å². The Morgan fingerprint density at radius 2 is 1.88 bits per heavy atom. The molecule has 6 nitrogen and oxygen atoms in total. The number of nitrogens with zero attached hydrogens (tertiary/aromatic N) is 1. The van der Waals surface area contributed by atoms with Crippen molar-refractivity contribution in [2.75, 3.05) is 25.5 Å². The monoisotopic (exact) mass is 475 g/mol. The summed E-state index contributed by atoms with van der Waals surface area (Å²) < 4.78 is 33.3. The first kappa shape index (κ1) is 24.9. The van der Waals surface area contributed by atoms with Crippen molar-refractivity contribution in [3.63, 3.8) is 0 Å². The molecular weight excluding hydrogens is 444 g/mol. The van der Waals surface area contributed by atoms with E-state index in [1.165, 1.54) is 11.0 Å². The van der Waals surface area contributed by atoms with Crippen molar-refractivity contribution in [2.45, 2.75) is 44.9 Å². The Bertz CT molecular complexity index is 995. The van der Waals surface area contributed by atoms with Crippen LogP contribution in [0.1, 0.15) is 23.6 Å². The lowest BCUT2D eigenvalue weighted by atomic mass is 10.0. The Labute approximate surface area is 194 Å². The molecule has 0 spiro atoms. The van der Waals surface area contributed by atoms with Crippen LogP contribution in [0.15, 0.2) is 42.5 Å². The lowest BCUT2D eigenvalue weighted by Gasteiger charge is -2.23. The number of benzene rings is 2. The molecule has 1 heterocycles. The van der Waals surface area contributed by atoms with Crippen molar-refractivity contribution < 1.29 is 23.1 Å². The number of nitrogens with one attached hydrogen (secondary N) is 2. The molecular formula is C24H31F2N3O3Si. The molecule has 3 amide bonds. The first-order valence-electron chi connectivity index (χ1n) is 11.0. The van der Waals surface area contributed by atoms with Crippen molar-refractivity contribution >= 4 is 30.9 Å². The fourth-order valence-corrected chi connectivity index (χ4v) is 5.18. The average Bonchev–Trinajstić information content (AvgIpc) is 3.18. The number of likely N-dealkylation sites (tertiary alicyclic amines) is 1. The number of rotatable bonds is 7. The normalized spacial score (nSPS) is 17.0. The first-order chi connectivity index (χ1) is 15.6. The second-order valence-electron chi connectivity index (χ2n) is 9.32. The van der Waals surface area contributed by atoms with E-state index in [2.05, 4.69) is 10.6 Å². The number of ether oxygens (including phenoxy) is 1. The van der Waals surface area contributed by atoms with Gasteiger partial charge in [0, 0.05) is 19.3 Å². The van der Waals surface area contributed by atoms with E-state index in [0.717, 1.165) is 5.56 Å². The minimum atomic E-state index is -1.86. The van der Waals surface area contributed by atoms with Gasteiger partial charge in [-0.3, -0.25) is 4.79 Å². The molecule has 2 N–H and O–H groups in total. The minimum absolute atomic E-state index is 0.00366. The molecule has 178 valence electrons. The Hall–Kier alpha value is -2.78. The van der Waals surface area contributed by atoms with E-state index in [1.807, 2.05) is 19.6 Å². The molecule has 0 aliphatic carbocycles. The Morgan fingerprint density at radius 3 is 2.42 bits per heavy atom. The number of carbonyl (C=O) groups excluding carboxylic acids is 2. The van der Waals surface area contributed by atoms with Crippen LogP contribution >= 0.6 is 0 Å². The lowest BCUT2D eigenvalue weighted by Crippen LogP contribution is -2.44. The van der Waals surface area contributed by atoms with Gasteiger partial charge in [0.05, 0.1) is 21.2 Å². The van der Waals surface area contributed by atoms with Gasteiger partial charge < -0.3 is 20.3 Å². The number of hydrogen-bond acceptors (Lipinski definition) is 3. The molecule has 0 saturated carbocycles. The van der Waals surface area contributed by atoms with Crippen molar-refractivity contribution in [3.05, 3.63) is 59.4 Å². The number of methoxy groups -OCH3 is 1. The van der Waals surface area contributed by atoms with Crippen LogP contribution in [0.4, 0.5) is 19.3 Å². The maximum Gasteiger partial charge on any atom is 0.318 e. The maximum absolute atomic E-state index is 14.6. The average molecular weight is 476 g/mol. The fourth-order valence-electron chi connectivity index (χ4n) is 3.81. The van der Waals surface area contributed by atoms with Gasteiger partial charge in [-0.05, 0) is 34.9 Å². The Balaban J connectivity index is 1.82. The van der Waals surface area contributed by atoms with Crippen LogP contribution in [0.5, 0.6) is 0 Å². The minimum Gasteiger partial charge on any atom is -0.380 e. The summed E-state index contributed by atoms with van der Waals surface area (Å²) in [5.74, 6) is -0.874. The van der Waals surface area contributed by atoms with E-state index in [-0.39, 0.29) is 25.3 Å². The molecule has 0 aromatic heterocycles. The van der Waals surface area contributed by atoms with Crippen molar-refractivity contribution in [1.29, 1.82) is 0 Å². The number of anilines is 1. The van der Waals surface area contributed by atoms with E-state index in [0.29, 0.717) is 23.0 Å². The van der Waals surface area contributed by atoms with Gasteiger partial charge in [0.1, 0.15) is 18.0 Å². The second kappa shape index (κ2) is 10.4. The molecule has 0 bridgehead atoms. The smallest absolute Gasteiger partial charge is 0.318 e. The summed E-state index contributed by atoms with van der Waals surface area (Å²) in [4.78, 5) is 27.2. The SMILES string of the molecule is COCc1ccc([C@@H](NC(=O)N2CC[C@H](F)C2)C(=O)Nc2ccc([Si](C)(C)C)c(F)c2)cc1. The third-order valence-electron chi connectivity index (χ3n) is 5.62. The Morgan fingerprint density at radius 1 is 1.18 bits per heavy atom. The molecule has 0 radical (unpaired) electrons. The number of amides is 3. The number of halogens is 2. The van der Waals surface area contributed by atoms with E-state index < -0.39 is 32.2 Å². The van der Waals surface area contributed by atoms with Gasteiger partial charge >= 0.3 is 6.03 Å². The van der Waals surface area contributed by atoms with Crippen molar-refractivity contribution in [2.24, 2.45) is 0 Å². The highest BCUT2D eigenvalue weighted by molar-refractivity contribution is 6.88. The van der Waals surface area contributed by atoms with Crippen molar-refractivity contribution in [1.82, 2.24) is 10.2 Å². The number of carbonyl (C=O) groups is 2. The number of alkyl halides is 1. The number of urea groups is 1. The lowest BCUT2D eigenvalue weighted by molar-refractivity contribution is -0.118. The van der Waals surface area contributed by atoms with Gasteiger partial charge in [0.2, 0.25) is 0 Å². The number of hydrogen-bond donors (Lipinski definition) is 2. The second-order valence-corrected chi connectivity index (χ2v) is 14.4. The van der Waals surface area contributed by atoms with Crippen LogP contribution in [0.3, 0.4) is 0 Å². The van der Waals surface area contributed by atoms with Crippen molar-refractivity contribution in [3.8, 4) is 0 Å². The summed E-state index contributed by atoms with van der Waals surface area (Å²) >= 11 is 0. The molecule has 2 atom stereocenters. The third-order valence-corrected chi connectivity index (χ3v) is 7.64. The summed E-state index contributed by atoms with van der Waals surface area (Å²) in [7, 11) is -0.273. The third kappa shape index (κ3) is 6.39. The molecule has 1 saturated heterocycles. The summed E-state index contributed by atoms with van der Waals surface area (Å²) in [6.45, 7) is 6.83. The largest absolute Gasteiger partial charge is 0.380 e. The molecule has 1 aliphatic heterocycles. The van der Waals surface area contributed by atoms with Gasteiger partial charge in [-0.2, -0.15) is 0 Å². The van der Waals surface area contributed by atoms with Crippen LogP contribution in [0.2, 0.25) is 19.6 Å². The molecule has 1 fully saturated rings. The highest BCUT2D eigenvalue weighted by Crippen LogP contribution is 2.20. The quantitative estimate of drug-likeness (QED) is 0.596. The van der Waals surface area contributed by atoms with Crippen LogP contribution in [-0.4, -0.2) is 51.3 Å². The van der Waals surface area contributed by atoms with Gasteiger partial charge in [-0.15, -0.1) is 0 Å². The summed E-state index contributed by atoms with van der Waals surface area (Å²) in [6.07, 6.45) is -0.789.